The molecule has 0 saturated carbocycles. The molecule has 0 saturated heterocycles. The van der Waals surface area contributed by atoms with Crippen LogP contribution in [0, 0.1) is 28.9 Å². The van der Waals surface area contributed by atoms with Gasteiger partial charge in [0.05, 0.1) is 17.2 Å². The smallest absolute Gasteiger partial charge is 0.266 e. The number of benzene rings is 2. The van der Waals surface area contributed by atoms with Crippen molar-refractivity contribution >= 4 is 56.4 Å². The molecule has 3 rings (SSSR count). The fourth-order valence-electron chi connectivity index (χ4n) is 5.07. The zero-order chi connectivity index (χ0) is 35.1. The van der Waals surface area contributed by atoms with Gasteiger partial charge in [-0.1, -0.05) is 87.0 Å². The average Bonchev–Trinajstić information content (AvgIpc) is 2.96. The highest BCUT2D eigenvalue weighted by Gasteiger charge is 2.29. The second-order valence-electron chi connectivity index (χ2n) is 12.2. The van der Waals surface area contributed by atoms with Crippen LogP contribution in [-0.4, -0.2) is 37.1 Å². The van der Waals surface area contributed by atoms with E-state index in [1.54, 1.807) is 19.1 Å². The minimum absolute atomic E-state index is 0.00569. The summed E-state index contributed by atoms with van der Waals surface area (Å²) in [5.41, 5.74) is 1.32. The molecule has 2 amide bonds. The van der Waals surface area contributed by atoms with Gasteiger partial charge < -0.3 is 10.6 Å². The molecule has 0 radical (unpaired) electrons. The molecule has 2 aromatic rings. The van der Waals surface area contributed by atoms with Crippen LogP contribution in [0.25, 0.3) is 5.57 Å². The standard InChI is InChI=1S/C35H38Cl2F2N2O5S/c1-6-27(29(37)17-21(2)36)32-30(38)19-26(20-31(32)39)41-34(43)28(23-11-13-25(14-12-23)35(3,4)5)18-22-7-9-24(10-8-22)33(42)40-15-16-47(44,45)46/h6-13,17,19-20,25,28H,2,14-16,18H2,1,3-5H3,(H,40,42)(H,41,43)(H,44,45,46)/b27-6+,29-17+. The van der Waals surface area contributed by atoms with Crippen molar-refractivity contribution in [1.29, 1.82) is 0 Å². The molecule has 2 unspecified atom stereocenters. The first-order chi connectivity index (χ1) is 21.9. The number of hydrogen-bond acceptors (Lipinski definition) is 4. The van der Waals surface area contributed by atoms with Gasteiger partial charge in [0.25, 0.3) is 16.0 Å². The summed E-state index contributed by atoms with van der Waals surface area (Å²) >= 11 is 12.0. The van der Waals surface area contributed by atoms with Crippen molar-refractivity contribution in [3.63, 3.8) is 0 Å². The highest BCUT2D eigenvalue weighted by molar-refractivity contribution is 7.85. The Bertz CT molecular complexity index is 1740. The predicted molar refractivity (Wildman–Crippen MR) is 185 cm³/mol. The maximum atomic E-state index is 15.3. The number of nitrogens with one attached hydrogen (secondary N) is 2. The number of carbonyl (C=O) groups excluding carboxylic acids is 2. The maximum absolute atomic E-state index is 15.3. The largest absolute Gasteiger partial charge is 0.351 e. The number of allylic oxidation sites excluding steroid dienone is 8. The van der Waals surface area contributed by atoms with Crippen molar-refractivity contribution in [2.24, 2.45) is 17.3 Å². The van der Waals surface area contributed by atoms with Crippen LogP contribution in [0.5, 0.6) is 0 Å². The summed E-state index contributed by atoms with van der Waals surface area (Å²) < 4.78 is 61.3. The molecule has 0 aromatic heterocycles. The molecule has 252 valence electrons. The highest BCUT2D eigenvalue weighted by Crippen LogP contribution is 2.36. The number of carbonyl (C=O) groups is 2. The third-order valence-electron chi connectivity index (χ3n) is 7.67. The minimum atomic E-state index is -4.22. The van der Waals surface area contributed by atoms with Gasteiger partial charge in [-0.3, -0.25) is 14.1 Å². The minimum Gasteiger partial charge on any atom is -0.351 e. The molecule has 0 spiro atoms. The first kappa shape index (κ1) is 37.9. The van der Waals surface area contributed by atoms with Gasteiger partial charge in [-0.2, -0.15) is 8.42 Å². The van der Waals surface area contributed by atoms with E-state index in [0.717, 1.165) is 17.7 Å². The van der Waals surface area contributed by atoms with Crippen molar-refractivity contribution in [3.05, 3.63) is 117 Å². The molecule has 1 aliphatic carbocycles. The van der Waals surface area contributed by atoms with Gasteiger partial charge in [-0.05, 0) is 72.6 Å². The van der Waals surface area contributed by atoms with E-state index in [1.807, 2.05) is 12.2 Å². The Balaban J connectivity index is 1.88. The molecule has 12 heteroatoms. The van der Waals surface area contributed by atoms with Crippen LogP contribution < -0.4 is 10.6 Å². The van der Waals surface area contributed by atoms with Crippen LogP contribution in [0.4, 0.5) is 14.5 Å². The number of amides is 2. The van der Waals surface area contributed by atoms with Crippen molar-refractivity contribution in [2.45, 2.75) is 40.5 Å². The molecule has 3 N–H and O–H groups in total. The van der Waals surface area contributed by atoms with Gasteiger partial charge in [-0.25, -0.2) is 8.78 Å². The van der Waals surface area contributed by atoms with Crippen LogP contribution in [0.3, 0.4) is 0 Å². The van der Waals surface area contributed by atoms with E-state index < -0.39 is 45.2 Å². The van der Waals surface area contributed by atoms with Crippen molar-refractivity contribution < 1.29 is 31.3 Å². The summed E-state index contributed by atoms with van der Waals surface area (Å²) in [4.78, 5) is 26.2. The van der Waals surface area contributed by atoms with Gasteiger partial charge in [0.2, 0.25) is 5.91 Å². The molecule has 0 heterocycles. The van der Waals surface area contributed by atoms with Crippen molar-refractivity contribution in [1.82, 2.24) is 5.32 Å². The Morgan fingerprint density at radius 3 is 2.23 bits per heavy atom. The Labute approximate surface area is 284 Å². The summed E-state index contributed by atoms with van der Waals surface area (Å²) in [6.07, 6.45) is 9.60. The van der Waals surface area contributed by atoms with Crippen molar-refractivity contribution in [2.75, 3.05) is 17.6 Å². The van der Waals surface area contributed by atoms with E-state index in [2.05, 4.69) is 44.1 Å². The number of rotatable bonds is 12. The van der Waals surface area contributed by atoms with E-state index in [9.17, 15) is 18.0 Å². The highest BCUT2D eigenvalue weighted by atomic mass is 35.5. The second kappa shape index (κ2) is 16.0. The Hall–Kier alpha value is -3.57. The van der Waals surface area contributed by atoms with Crippen LogP contribution in [0.1, 0.15) is 55.6 Å². The molecular weight excluding hydrogens is 669 g/mol. The first-order valence-corrected chi connectivity index (χ1v) is 17.1. The molecular formula is C35H38Cl2F2N2O5S. The predicted octanol–water partition coefficient (Wildman–Crippen LogP) is 8.21. The van der Waals surface area contributed by atoms with E-state index in [4.69, 9.17) is 27.8 Å². The summed E-state index contributed by atoms with van der Waals surface area (Å²) in [6, 6.07) is 8.45. The lowest BCUT2D eigenvalue weighted by Gasteiger charge is -2.31. The van der Waals surface area contributed by atoms with Gasteiger partial charge in [0.1, 0.15) is 11.6 Å². The summed E-state index contributed by atoms with van der Waals surface area (Å²) in [6.45, 7) is 11.2. The van der Waals surface area contributed by atoms with E-state index in [-0.39, 0.29) is 56.8 Å². The monoisotopic (exact) mass is 706 g/mol. The summed E-state index contributed by atoms with van der Waals surface area (Å²) in [7, 11) is -4.22. The number of anilines is 1. The zero-order valence-corrected chi connectivity index (χ0v) is 28.9. The SMILES string of the molecule is C=C(Cl)/C=C(Cl)\C(=C/C)c1c(F)cc(NC(=O)C(Cc2ccc(C(=O)NCCS(=O)(=O)O)cc2)C2=CCC(C(C)(C)C)C=C2)cc1F. The molecule has 0 fully saturated rings. The zero-order valence-electron chi connectivity index (χ0n) is 26.5. The van der Waals surface area contributed by atoms with Gasteiger partial charge in [-0.15, -0.1) is 0 Å². The van der Waals surface area contributed by atoms with E-state index in [0.29, 0.717) is 12.0 Å². The number of halogens is 4. The quantitative estimate of drug-likeness (QED) is 0.152. The third kappa shape index (κ3) is 11.0. The van der Waals surface area contributed by atoms with Gasteiger partial charge in [0.15, 0.2) is 0 Å². The van der Waals surface area contributed by atoms with Gasteiger partial charge in [0, 0.05) is 33.4 Å². The third-order valence-corrected chi connectivity index (χ3v) is 8.81. The van der Waals surface area contributed by atoms with Crippen LogP contribution in [-0.2, 0) is 21.3 Å². The topological polar surface area (TPSA) is 113 Å². The fourth-order valence-corrected chi connectivity index (χ4v) is 5.93. The number of hydrogen-bond donors (Lipinski definition) is 3. The molecule has 47 heavy (non-hydrogen) atoms. The van der Waals surface area contributed by atoms with E-state index >= 15 is 8.78 Å². The molecule has 2 aromatic carbocycles. The summed E-state index contributed by atoms with van der Waals surface area (Å²) in [5.74, 6) is -4.00. The lowest BCUT2D eigenvalue weighted by atomic mass is 9.75. The lowest BCUT2D eigenvalue weighted by molar-refractivity contribution is -0.118. The molecule has 7 nitrogen and oxygen atoms in total. The second-order valence-corrected chi connectivity index (χ2v) is 14.7. The van der Waals surface area contributed by atoms with Crippen LogP contribution in [0.2, 0.25) is 0 Å². The maximum Gasteiger partial charge on any atom is 0.266 e. The van der Waals surface area contributed by atoms with Crippen LogP contribution >= 0.6 is 23.2 Å². The Morgan fingerprint density at radius 1 is 1.13 bits per heavy atom. The average molecular weight is 708 g/mol. The fraction of sp³-hybridized carbons (Fsp3) is 0.314. The normalized spacial score (nSPS) is 16.4. The van der Waals surface area contributed by atoms with E-state index in [1.165, 1.54) is 24.3 Å². The van der Waals surface area contributed by atoms with Crippen molar-refractivity contribution in [3.8, 4) is 0 Å². The lowest BCUT2D eigenvalue weighted by Crippen LogP contribution is -2.29. The van der Waals surface area contributed by atoms with Crippen LogP contribution in [0.15, 0.2) is 89.0 Å². The molecule has 2 atom stereocenters. The summed E-state index contributed by atoms with van der Waals surface area (Å²) in [5, 5.41) is 5.16. The molecule has 0 bridgehead atoms. The Morgan fingerprint density at radius 2 is 1.74 bits per heavy atom. The van der Waals surface area contributed by atoms with Gasteiger partial charge >= 0.3 is 0 Å². The molecule has 0 aliphatic heterocycles. The first-order valence-electron chi connectivity index (χ1n) is 14.8. The Kier molecular flexibility index (Phi) is 12.9. The molecule has 1 aliphatic rings.